The number of alkyl halides is 1. The highest BCUT2D eigenvalue weighted by Gasteiger charge is 2.02. The lowest BCUT2D eigenvalue weighted by Crippen LogP contribution is -2.19. The average molecular weight is 257 g/mol. The minimum Gasteiger partial charge on any atom is -0.493 e. The summed E-state index contributed by atoms with van der Waals surface area (Å²) < 4.78 is 30.6. The van der Waals surface area contributed by atoms with Gasteiger partial charge in [-0.2, -0.15) is 0 Å². The van der Waals surface area contributed by atoms with E-state index in [0.29, 0.717) is 24.6 Å². The summed E-state index contributed by atoms with van der Waals surface area (Å²) in [5.41, 5.74) is 0.839. The van der Waals surface area contributed by atoms with E-state index in [1.165, 1.54) is 12.1 Å². The number of ether oxygens (including phenoxy) is 1. The van der Waals surface area contributed by atoms with Gasteiger partial charge in [0.05, 0.1) is 13.3 Å². The molecule has 0 amide bonds. The molecule has 0 atom stereocenters. The molecule has 2 nitrogen and oxygen atoms in total. The van der Waals surface area contributed by atoms with Gasteiger partial charge in [-0.15, -0.1) is 0 Å². The lowest BCUT2D eigenvalue weighted by Gasteiger charge is -2.10. The van der Waals surface area contributed by atoms with Crippen molar-refractivity contribution in [2.45, 2.75) is 26.8 Å². The van der Waals surface area contributed by atoms with E-state index < -0.39 is 6.67 Å². The fourth-order valence-electron chi connectivity index (χ4n) is 1.56. The van der Waals surface area contributed by atoms with Crippen molar-refractivity contribution in [3.63, 3.8) is 0 Å². The molecule has 0 saturated carbocycles. The lowest BCUT2D eigenvalue weighted by atomic mass is 10.2. The van der Waals surface area contributed by atoms with Crippen molar-refractivity contribution < 1.29 is 13.5 Å². The van der Waals surface area contributed by atoms with Crippen molar-refractivity contribution in [3.05, 3.63) is 29.6 Å². The molecule has 4 heteroatoms. The van der Waals surface area contributed by atoms with Gasteiger partial charge in [-0.25, -0.2) is 4.39 Å². The first-order valence-electron chi connectivity index (χ1n) is 6.30. The summed E-state index contributed by atoms with van der Waals surface area (Å²) >= 11 is 0. The predicted octanol–water partition coefficient (Wildman–Crippen LogP) is 3.31. The number of halogens is 2. The number of hydrogen-bond donors (Lipinski definition) is 1. The summed E-state index contributed by atoms with van der Waals surface area (Å²) in [6.07, 6.45) is 0.331. The van der Waals surface area contributed by atoms with Crippen LogP contribution in [0.1, 0.15) is 25.8 Å². The van der Waals surface area contributed by atoms with Gasteiger partial charge in [0.1, 0.15) is 11.6 Å². The van der Waals surface area contributed by atoms with Crippen molar-refractivity contribution in [2.75, 3.05) is 19.8 Å². The van der Waals surface area contributed by atoms with Gasteiger partial charge in [0, 0.05) is 19.0 Å². The minimum atomic E-state index is -0.419. The first kappa shape index (κ1) is 14.9. The van der Waals surface area contributed by atoms with Crippen molar-refractivity contribution >= 4 is 0 Å². The second kappa shape index (κ2) is 8.03. The molecule has 0 aliphatic carbocycles. The van der Waals surface area contributed by atoms with Crippen LogP contribution in [0.15, 0.2) is 18.2 Å². The Bertz CT molecular complexity index is 356. The van der Waals surface area contributed by atoms with Gasteiger partial charge in [-0.3, -0.25) is 4.39 Å². The molecule has 1 N–H and O–H groups in total. The monoisotopic (exact) mass is 257 g/mol. The summed E-state index contributed by atoms with van der Waals surface area (Å²) in [4.78, 5) is 0. The Kier molecular flexibility index (Phi) is 6.65. The molecule has 0 fully saturated rings. The maximum Gasteiger partial charge on any atom is 0.127 e. The molecule has 0 aromatic heterocycles. The van der Waals surface area contributed by atoms with Gasteiger partial charge < -0.3 is 10.1 Å². The summed E-state index contributed by atoms with van der Waals surface area (Å²) in [5, 5.41) is 3.24. The molecule has 0 bridgehead atoms. The maximum atomic E-state index is 13.3. The number of benzene rings is 1. The zero-order chi connectivity index (χ0) is 13.4. The smallest absolute Gasteiger partial charge is 0.127 e. The van der Waals surface area contributed by atoms with Crippen LogP contribution in [0.3, 0.4) is 0 Å². The Hall–Kier alpha value is -1.16. The fourth-order valence-corrected chi connectivity index (χ4v) is 1.56. The van der Waals surface area contributed by atoms with E-state index >= 15 is 0 Å². The first-order valence-corrected chi connectivity index (χ1v) is 6.30. The predicted molar refractivity (Wildman–Crippen MR) is 69.0 cm³/mol. The van der Waals surface area contributed by atoms with E-state index in [9.17, 15) is 8.78 Å². The van der Waals surface area contributed by atoms with E-state index in [-0.39, 0.29) is 12.4 Å². The Labute approximate surface area is 107 Å². The van der Waals surface area contributed by atoms with Gasteiger partial charge in [-0.05, 0) is 30.2 Å². The maximum absolute atomic E-state index is 13.3. The third-order valence-electron chi connectivity index (χ3n) is 2.36. The number of rotatable bonds is 8. The highest BCUT2D eigenvalue weighted by Crippen LogP contribution is 2.16. The fraction of sp³-hybridized carbons (Fsp3) is 0.571. The molecule has 0 saturated heterocycles. The van der Waals surface area contributed by atoms with Crippen LogP contribution in [0.4, 0.5) is 8.78 Å². The molecule has 102 valence electrons. The summed E-state index contributed by atoms with van der Waals surface area (Å²) in [6, 6.07) is 4.59. The highest BCUT2D eigenvalue weighted by molar-refractivity contribution is 5.29. The molecule has 1 aromatic rings. The van der Waals surface area contributed by atoms with Gasteiger partial charge in [0.25, 0.3) is 0 Å². The zero-order valence-corrected chi connectivity index (χ0v) is 11.0. The van der Waals surface area contributed by atoms with Crippen molar-refractivity contribution in [1.29, 1.82) is 0 Å². The first-order chi connectivity index (χ1) is 8.61. The van der Waals surface area contributed by atoms with E-state index in [0.717, 1.165) is 12.1 Å². The van der Waals surface area contributed by atoms with E-state index in [2.05, 4.69) is 19.2 Å². The largest absolute Gasteiger partial charge is 0.493 e. The van der Waals surface area contributed by atoms with Crippen molar-refractivity contribution in [3.8, 4) is 5.75 Å². The van der Waals surface area contributed by atoms with Crippen LogP contribution < -0.4 is 10.1 Å². The molecular formula is C14H21F2NO. The summed E-state index contributed by atoms with van der Waals surface area (Å²) in [5.74, 6) is 0.692. The quantitative estimate of drug-likeness (QED) is 0.721. The van der Waals surface area contributed by atoms with Crippen LogP contribution in [0, 0.1) is 11.7 Å². The van der Waals surface area contributed by atoms with Gasteiger partial charge >= 0.3 is 0 Å². The second-order valence-electron chi connectivity index (χ2n) is 4.71. The third-order valence-corrected chi connectivity index (χ3v) is 2.36. The Balaban J connectivity index is 2.51. The molecule has 0 unspecified atom stereocenters. The van der Waals surface area contributed by atoms with Crippen molar-refractivity contribution in [1.82, 2.24) is 5.32 Å². The zero-order valence-electron chi connectivity index (χ0n) is 11.0. The van der Waals surface area contributed by atoms with Crippen LogP contribution in [-0.2, 0) is 6.54 Å². The van der Waals surface area contributed by atoms with Crippen LogP contribution in [-0.4, -0.2) is 19.8 Å². The topological polar surface area (TPSA) is 21.3 Å². The minimum absolute atomic E-state index is 0.277. The van der Waals surface area contributed by atoms with E-state index in [1.54, 1.807) is 6.07 Å². The molecule has 0 spiro atoms. The molecule has 0 aliphatic heterocycles. The molecule has 18 heavy (non-hydrogen) atoms. The average Bonchev–Trinajstić information content (AvgIpc) is 2.28. The van der Waals surface area contributed by atoms with E-state index in [4.69, 9.17) is 4.74 Å². The van der Waals surface area contributed by atoms with Gasteiger partial charge in [0.2, 0.25) is 0 Å². The molecule has 1 rings (SSSR count). The number of nitrogens with one attached hydrogen (secondary N) is 1. The molecule has 1 aromatic carbocycles. The Morgan fingerprint density at radius 3 is 2.72 bits per heavy atom. The Morgan fingerprint density at radius 2 is 2.06 bits per heavy atom. The SMILES string of the molecule is CC(C)CNCc1cc(F)cc(OCCCF)c1. The second-order valence-corrected chi connectivity index (χ2v) is 4.71. The molecule has 0 aliphatic rings. The van der Waals surface area contributed by atoms with Crippen LogP contribution in [0.5, 0.6) is 5.75 Å². The summed E-state index contributed by atoms with van der Waals surface area (Å²) in [6.45, 7) is 5.58. The van der Waals surface area contributed by atoms with E-state index in [1.807, 2.05) is 0 Å². The molecular weight excluding hydrogens is 236 g/mol. The standard InChI is InChI=1S/C14H21F2NO/c1-11(2)9-17-10-12-6-13(16)8-14(7-12)18-5-3-4-15/h6-8,11,17H,3-5,9-10H2,1-2H3. The van der Waals surface area contributed by atoms with Crippen LogP contribution in [0.25, 0.3) is 0 Å². The molecule has 0 radical (unpaired) electrons. The normalized spacial score (nSPS) is 10.9. The third kappa shape index (κ3) is 5.96. The van der Waals surface area contributed by atoms with Crippen LogP contribution >= 0.6 is 0 Å². The van der Waals surface area contributed by atoms with Gasteiger partial charge in [-0.1, -0.05) is 13.8 Å². The molecule has 0 heterocycles. The van der Waals surface area contributed by atoms with Gasteiger partial charge in [0.15, 0.2) is 0 Å². The van der Waals surface area contributed by atoms with Crippen molar-refractivity contribution in [2.24, 2.45) is 5.92 Å². The highest BCUT2D eigenvalue weighted by atomic mass is 19.1. The summed E-state index contributed by atoms with van der Waals surface area (Å²) in [7, 11) is 0. The van der Waals surface area contributed by atoms with Crippen LogP contribution in [0.2, 0.25) is 0 Å². The Morgan fingerprint density at radius 1 is 1.28 bits per heavy atom. The lowest BCUT2D eigenvalue weighted by molar-refractivity contribution is 0.288. The number of hydrogen-bond acceptors (Lipinski definition) is 2.